The van der Waals surface area contributed by atoms with Gasteiger partial charge >= 0.3 is 0 Å². The van der Waals surface area contributed by atoms with Crippen LogP contribution in [0.25, 0.3) is 0 Å². The van der Waals surface area contributed by atoms with Crippen molar-refractivity contribution in [1.29, 1.82) is 0 Å². The number of hydrogen-bond acceptors (Lipinski definition) is 19. The van der Waals surface area contributed by atoms with E-state index >= 15 is 14.4 Å². The topological polar surface area (TPSA) is 477 Å². The number of carbonyl (C=O) groups is 14. The molecule has 0 spiro atoms. The number of nitrogens with zero attached hydrogens (tertiary/aromatic N) is 5. The van der Waals surface area contributed by atoms with Gasteiger partial charge in [-0.2, -0.15) is 0 Å². The molecule has 5 aliphatic heterocycles. The molecule has 0 aromatic heterocycles. The van der Waals surface area contributed by atoms with Crippen LogP contribution in [0.1, 0.15) is 179 Å². The minimum Gasteiger partial charge on any atom is -0.394 e. The maximum Gasteiger partial charge on any atom is 0.246 e. The highest BCUT2D eigenvalue weighted by atomic mass is 33.1. The molecule has 0 radical (unpaired) electrons. The van der Waals surface area contributed by atoms with Gasteiger partial charge in [0.15, 0.2) is 5.96 Å². The predicted molar refractivity (Wildman–Crippen MR) is 391 cm³/mol. The van der Waals surface area contributed by atoms with Gasteiger partial charge in [0.05, 0.1) is 19.8 Å². The maximum atomic E-state index is 15.6. The fourth-order valence-electron chi connectivity index (χ4n) is 13.3. The van der Waals surface area contributed by atoms with E-state index in [1.807, 2.05) is 27.7 Å². The normalized spacial score (nSPS) is 29.3. The number of amides is 14. The lowest BCUT2D eigenvalue weighted by Gasteiger charge is -2.37. The van der Waals surface area contributed by atoms with E-state index in [9.17, 15) is 63.0 Å². The number of aliphatic imine (C=N–C) groups is 1. The standard InChI is InChI=1S/C69H117N17O16S2/c1-13-38(4)51-61(97)78-45-37-103-104-69(10,11)54(63(99)81-53(40(6)15-3)66(102)85-31-20-24-46(85)59(95)72-28-18-16-17-27-50(90)83(12)34-49(89)79-51)82-62(98)52(39(5)14-2)80-60(96)47-25-21-30-84(47)65(101)48-26-22-32-86(48)64(100)42(33-68(7,8)9)75-57(93)44(36-88)76-55(91)41(23-19-29-73-67(70)71)74-56(92)43(35-87)77-58(45)94/h38-48,51-54,87-88H,13-37H2,1-12H3,(H,72,95)(H,74,92)(H,75,93)(H,76,91)(H,77,94)(H,78,97)(H,79,89)(H,80,96)(H,81,99)(H,82,98)(H4,70,71,73)/t38-,39-,40-,41-,42-,43-,44-,45-,46-,47-,48-,51-,52-,53-,54+/m0/s1. The Morgan fingerprint density at radius 3 is 1.61 bits per heavy atom. The van der Waals surface area contributed by atoms with Gasteiger partial charge in [-0.25, -0.2) is 0 Å². The molecule has 33 nitrogen and oxygen atoms in total. The summed E-state index contributed by atoms with van der Waals surface area (Å²) in [6.45, 7) is 17.1. The fourth-order valence-corrected chi connectivity index (χ4v) is 16.1. The van der Waals surface area contributed by atoms with Crippen molar-refractivity contribution >= 4 is 110 Å². The average Bonchev–Trinajstić information content (AvgIpc) is 1.60. The highest BCUT2D eigenvalue weighted by molar-refractivity contribution is 8.77. The second kappa shape index (κ2) is 40.8. The van der Waals surface area contributed by atoms with E-state index in [1.165, 1.54) is 26.6 Å². The monoisotopic (exact) mass is 1500 g/mol. The van der Waals surface area contributed by atoms with E-state index in [0.717, 1.165) is 21.6 Å². The second-order valence-corrected chi connectivity index (χ2v) is 32.9. The quantitative estimate of drug-likeness (QED) is 0.0421. The van der Waals surface area contributed by atoms with E-state index in [4.69, 9.17) is 11.5 Å². The molecule has 5 fully saturated rings. The van der Waals surface area contributed by atoms with Crippen LogP contribution in [-0.4, -0.2) is 261 Å². The van der Waals surface area contributed by atoms with Gasteiger partial charge < -0.3 is 94.4 Å². The third kappa shape index (κ3) is 24.8. The first-order valence-corrected chi connectivity index (χ1v) is 39.1. The molecule has 15 atom stereocenters. The number of carbonyl (C=O) groups excluding carboxylic acids is 14. The molecule has 16 N–H and O–H groups in total. The summed E-state index contributed by atoms with van der Waals surface area (Å²) in [6.07, 6.45) is 4.14. The van der Waals surface area contributed by atoms with Crippen LogP contribution in [-0.2, 0) is 67.1 Å². The van der Waals surface area contributed by atoms with Gasteiger partial charge in [-0.3, -0.25) is 72.1 Å². The summed E-state index contributed by atoms with van der Waals surface area (Å²) in [7, 11) is 3.31. The van der Waals surface area contributed by atoms with Gasteiger partial charge in [0.1, 0.15) is 72.5 Å². The number of nitrogens with two attached hydrogens (primary N) is 2. The summed E-state index contributed by atoms with van der Waals surface area (Å²) in [6, 6.07) is -16.9. The van der Waals surface area contributed by atoms with Crippen LogP contribution >= 0.6 is 21.6 Å². The van der Waals surface area contributed by atoms with Crippen LogP contribution in [0.5, 0.6) is 0 Å². The van der Waals surface area contributed by atoms with Gasteiger partial charge in [-0.15, -0.1) is 0 Å². The van der Waals surface area contributed by atoms with Crippen molar-refractivity contribution in [3.8, 4) is 0 Å². The van der Waals surface area contributed by atoms with Gasteiger partial charge in [0, 0.05) is 56.7 Å². The molecule has 0 aliphatic carbocycles. The minimum absolute atomic E-state index is 0.0000863. The zero-order chi connectivity index (χ0) is 77.5. The summed E-state index contributed by atoms with van der Waals surface area (Å²) < 4.78 is -1.50. The Labute approximate surface area is 618 Å². The average molecular weight is 1500 g/mol. The number of likely N-dealkylation sites (N-methyl/N-ethyl adjacent to an activating group) is 1. The molecule has 5 saturated heterocycles. The van der Waals surface area contributed by atoms with Crippen molar-refractivity contribution < 1.29 is 77.3 Å². The largest absolute Gasteiger partial charge is 0.394 e. The van der Waals surface area contributed by atoms with E-state index < -0.39 is 203 Å². The molecule has 0 aromatic rings. The van der Waals surface area contributed by atoms with E-state index in [-0.39, 0.29) is 83.1 Å². The van der Waals surface area contributed by atoms with E-state index in [1.54, 1.807) is 48.5 Å². The second-order valence-electron chi connectivity index (χ2n) is 29.9. The van der Waals surface area contributed by atoms with Crippen molar-refractivity contribution in [2.45, 2.75) is 256 Å². The lowest BCUT2D eigenvalue weighted by molar-refractivity contribution is -0.148. The number of nitrogens with one attached hydrogen (secondary N) is 10. The summed E-state index contributed by atoms with van der Waals surface area (Å²) in [5, 5.41) is 48.9. The number of guanidine groups is 1. The lowest BCUT2D eigenvalue weighted by Crippen LogP contribution is -2.64. The molecule has 5 heterocycles. The Bertz CT molecular complexity index is 3080. The molecule has 2 bridgehead atoms. The van der Waals surface area contributed by atoms with Crippen LogP contribution in [0.15, 0.2) is 4.99 Å². The third-order valence-corrected chi connectivity index (χ3v) is 23.4. The first-order valence-electron chi connectivity index (χ1n) is 36.8. The molecule has 0 unspecified atom stereocenters. The third-order valence-electron chi connectivity index (χ3n) is 20.1. The molecular formula is C69H117N17O16S2. The van der Waals surface area contributed by atoms with Gasteiger partial charge in [-0.05, 0) is 108 Å². The van der Waals surface area contributed by atoms with Gasteiger partial charge in [-0.1, -0.05) is 110 Å². The SMILES string of the molecule is CC[C@H](C)[C@@H]1NC(=O)CN(C)C(=O)CCCCCNC(=O)[C@@H]2CCCN2C(=O)[C@H]([C@@H](C)CC)NC(=O)[C@H]2NC(=O)[C@H]([C@@H](C)CC)NC(=O)[C@@H]3CCCN3C(=O)[C@@H]3CCCN3C(=O)[C@H](CC(C)(C)C)NC(=O)[C@H](CO)NC(=O)[C@H](CCCN=C(N)N)NC(=O)[C@H](CO)NC(=O)[C@H](CSSC2(C)C)NC1=O. The zero-order valence-corrected chi connectivity index (χ0v) is 64.3. The Kier molecular flexibility index (Phi) is 34.2. The molecule has 5 rings (SSSR count). The lowest BCUT2D eigenvalue weighted by atomic mass is 9.87. The van der Waals surface area contributed by atoms with Gasteiger partial charge in [0.2, 0.25) is 82.7 Å². The molecule has 0 saturated carbocycles. The number of aliphatic hydroxyl groups is 2. The fraction of sp³-hybridized carbons (Fsp3) is 0.783. The Balaban J connectivity index is 1.71. The summed E-state index contributed by atoms with van der Waals surface area (Å²) in [5.74, 6) is -13.3. The molecule has 0 aromatic carbocycles. The number of rotatable bonds is 13. The number of fused-ring (bicyclic) bond motifs is 8. The predicted octanol–water partition coefficient (Wildman–Crippen LogP) is -1.74. The van der Waals surface area contributed by atoms with Gasteiger partial charge in [0.25, 0.3) is 0 Å². The number of hydrogen-bond donors (Lipinski definition) is 14. The van der Waals surface area contributed by atoms with Crippen LogP contribution in [0.3, 0.4) is 0 Å². The first-order chi connectivity index (χ1) is 49.0. The summed E-state index contributed by atoms with van der Waals surface area (Å²) in [4.78, 5) is 214. The Hall–Kier alpha value is -7.53. The van der Waals surface area contributed by atoms with Crippen molar-refractivity contribution in [3.63, 3.8) is 0 Å². The number of aliphatic hydroxyl groups excluding tert-OH is 2. The Morgan fingerprint density at radius 2 is 1.04 bits per heavy atom. The minimum atomic E-state index is -1.89. The van der Waals surface area contributed by atoms with Crippen LogP contribution in [0.4, 0.5) is 0 Å². The molecule has 104 heavy (non-hydrogen) atoms. The van der Waals surface area contributed by atoms with Crippen LogP contribution in [0.2, 0.25) is 0 Å². The maximum absolute atomic E-state index is 15.6. The molecule has 14 amide bonds. The molecule has 5 aliphatic rings. The van der Waals surface area contributed by atoms with E-state index in [2.05, 4.69) is 58.2 Å². The molecular weight excluding hydrogens is 1390 g/mol. The van der Waals surface area contributed by atoms with Crippen LogP contribution in [0, 0.1) is 23.2 Å². The highest BCUT2D eigenvalue weighted by Crippen LogP contribution is 2.39. The van der Waals surface area contributed by atoms with Crippen molar-refractivity contribution in [1.82, 2.24) is 72.8 Å². The van der Waals surface area contributed by atoms with E-state index in [0.29, 0.717) is 64.2 Å². The van der Waals surface area contributed by atoms with Crippen LogP contribution < -0.4 is 64.6 Å². The molecule has 586 valence electrons. The summed E-state index contributed by atoms with van der Waals surface area (Å²) >= 11 is 0. The van der Waals surface area contributed by atoms with Crippen molar-refractivity contribution in [2.75, 3.05) is 65.3 Å². The molecule has 35 heteroatoms. The van der Waals surface area contributed by atoms with Crippen molar-refractivity contribution in [3.05, 3.63) is 0 Å². The summed E-state index contributed by atoms with van der Waals surface area (Å²) in [5.41, 5.74) is 10.5. The smallest absolute Gasteiger partial charge is 0.246 e. The highest BCUT2D eigenvalue weighted by Gasteiger charge is 2.48. The zero-order valence-electron chi connectivity index (χ0n) is 62.7. The Morgan fingerprint density at radius 1 is 0.548 bits per heavy atom. The first kappa shape index (κ1) is 87.1. The van der Waals surface area contributed by atoms with Crippen molar-refractivity contribution in [2.24, 2.45) is 39.6 Å².